The molecule has 3 amide bonds. The smallest absolute Gasteiger partial charge is 0.319 e. The zero-order valence-electron chi connectivity index (χ0n) is 14.1. The van der Waals surface area contributed by atoms with Crippen molar-refractivity contribution in [3.05, 3.63) is 41.1 Å². The second-order valence-electron chi connectivity index (χ2n) is 6.01. The predicted octanol–water partition coefficient (Wildman–Crippen LogP) is 2.34. The minimum atomic E-state index is -0.413. The summed E-state index contributed by atoms with van der Waals surface area (Å²) in [6.07, 6.45) is 1.99. The van der Waals surface area contributed by atoms with E-state index >= 15 is 0 Å². The maximum atomic E-state index is 12.8. The monoisotopic (exact) mass is 329 g/mol. The summed E-state index contributed by atoms with van der Waals surface area (Å²) < 4.78 is 5.45. The van der Waals surface area contributed by atoms with Gasteiger partial charge in [0.25, 0.3) is 5.91 Å². The largest absolute Gasteiger partial charge is 0.494 e. The van der Waals surface area contributed by atoms with E-state index in [9.17, 15) is 9.59 Å². The van der Waals surface area contributed by atoms with Gasteiger partial charge in [-0.05, 0) is 31.0 Å². The van der Waals surface area contributed by atoms with E-state index < -0.39 is 6.04 Å². The Morgan fingerprint density at radius 2 is 1.96 bits per heavy atom. The van der Waals surface area contributed by atoms with Crippen LogP contribution in [0, 0.1) is 0 Å². The third-order valence-electron chi connectivity index (χ3n) is 4.33. The SMILES string of the molecule is CCCCN1CC2=C(C1=O)C(c1ccc(OCC)cc1)NC(=O)N2. The lowest BCUT2D eigenvalue weighted by Gasteiger charge is -2.25. The Bertz CT molecular complexity index is 667. The zero-order valence-corrected chi connectivity index (χ0v) is 14.1. The number of hydrogen-bond donors (Lipinski definition) is 2. The van der Waals surface area contributed by atoms with E-state index in [1.807, 2.05) is 36.1 Å². The van der Waals surface area contributed by atoms with Gasteiger partial charge < -0.3 is 20.3 Å². The highest BCUT2D eigenvalue weighted by molar-refractivity contribution is 6.01. The number of carbonyl (C=O) groups excluding carboxylic acids is 2. The van der Waals surface area contributed by atoms with Crippen LogP contribution in [0.5, 0.6) is 5.75 Å². The standard InChI is InChI=1S/C18H23N3O3/c1-3-5-10-21-11-14-15(17(21)22)16(20-18(23)19-14)12-6-8-13(9-7-12)24-4-2/h6-9,16H,3-5,10-11H2,1-2H3,(H2,19,20,23). The number of ether oxygens (including phenoxy) is 1. The molecule has 0 bridgehead atoms. The molecule has 6 nitrogen and oxygen atoms in total. The minimum absolute atomic E-state index is 0.00448. The van der Waals surface area contributed by atoms with Gasteiger partial charge in [-0.25, -0.2) is 4.79 Å². The van der Waals surface area contributed by atoms with Crippen LogP contribution in [0.1, 0.15) is 38.3 Å². The highest BCUT2D eigenvalue weighted by Crippen LogP contribution is 2.33. The molecular formula is C18H23N3O3. The fourth-order valence-corrected chi connectivity index (χ4v) is 3.13. The molecule has 2 aliphatic rings. The molecule has 128 valence electrons. The van der Waals surface area contributed by atoms with Gasteiger partial charge in [-0.2, -0.15) is 0 Å². The molecule has 0 saturated carbocycles. The number of benzene rings is 1. The van der Waals surface area contributed by atoms with Gasteiger partial charge in [0.1, 0.15) is 5.75 Å². The van der Waals surface area contributed by atoms with Gasteiger partial charge in [0.05, 0.1) is 30.5 Å². The fraction of sp³-hybridized carbons (Fsp3) is 0.444. The van der Waals surface area contributed by atoms with Crippen molar-refractivity contribution < 1.29 is 14.3 Å². The number of rotatable bonds is 6. The van der Waals surface area contributed by atoms with Crippen molar-refractivity contribution in [3.8, 4) is 5.75 Å². The maximum Gasteiger partial charge on any atom is 0.319 e. The molecule has 1 unspecified atom stereocenters. The van der Waals surface area contributed by atoms with Crippen LogP contribution in [0.25, 0.3) is 0 Å². The molecule has 2 heterocycles. The molecule has 1 atom stereocenters. The lowest BCUT2D eigenvalue weighted by molar-refractivity contribution is -0.125. The van der Waals surface area contributed by atoms with Gasteiger partial charge in [0.15, 0.2) is 0 Å². The van der Waals surface area contributed by atoms with Gasteiger partial charge in [-0.3, -0.25) is 4.79 Å². The van der Waals surface area contributed by atoms with Crippen LogP contribution in [0.15, 0.2) is 35.5 Å². The summed E-state index contributed by atoms with van der Waals surface area (Å²) in [7, 11) is 0. The van der Waals surface area contributed by atoms with Crippen LogP contribution >= 0.6 is 0 Å². The van der Waals surface area contributed by atoms with E-state index in [2.05, 4.69) is 17.6 Å². The molecule has 1 aromatic rings. The number of amides is 3. The number of carbonyl (C=O) groups is 2. The maximum absolute atomic E-state index is 12.8. The Morgan fingerprint density at radius 3 is 2.62 bits per heavy atom. The molecule has 3 rings (SSSR count). The third-order valence-corrected chi connectivity index (χ3v) is 4.33. The predicted molar refractivity (Wildman–Crippen MR) is 90.5 cm³/mol. The summed E-state index contributed by atoms with van der Waals surface area (Å²) in [5.74, 6) is 0.780. The third kappa shape index (κ3) is 3.09. The Kier molecular flexibility index (Phi) is 4.74. The normalized spacial score (nSPS) is 19.9. The van der Waals surface area contributed by atoms with E-state index in [4.69, 9.17) is 4.74 Å². The summed E-state index contributed by atoms with van der Waals surface area (Å²) >= 11 is 0. The summed E-state index contributed by atoms with van der Waals surface area (Å²) in [6.45, 7) is 5.83. The lowest BCUT2D eigenvalue weighted by atomic mass is 9.96. The van der Waals surface area contributed by atoms with Gasteiger partial charge in [-0.15, -0.1) is 0 Å². The average molecular weight is 329 g/mol. The summed E-state index contributed by atoms with van der Waals surface area (Å²) in [5.41, 5.74) is 2.25. The molecule has 1 aromatic carbocycles. The first-order valence-corrected chi connectivity index (χ1v) is 8.46. The Balaban J connectivity index is 1.85. The summed E-state index contributed by atoms with van der Waals surface area (Å²) in [6, 6.07) is 6.84. The molecule has 0 spiro atoms. The fourth-order valence-electron chi connectivity index (χ4n) is 3.13. The Morgan fingerprint density at radius 1 is 1.21 bits per heavy atom. The first-order valence-electron chi connectivity index (χ1n) is 8.46. The highest BCUT2D eigenvalue weighted by atomic mass is 16.5. The number of unbranched alkanes of at least 4 members (excludes halogenated alkanes) is 1. The van der Waals surface area contributed by atoms with Gasteiger partial charge >= 0.3 is 6.03 Å². The number of nitrogens with one attached hydrogen (secondary N) is 2. The van der Waals surface area contributed by atoms with Crippen molar-refractivity contribution in [2.45, 2.75) is 32.7 Å². The van der Waals surface area contributed by atoms with Crippen LogP contribution < -0.4 is 15.4 Å². The zero-order chi connectivity index (χ0) is 17.1. The molecule has 0 radical (unpaired) electrons. The molecular weight excluding hydrogens is 306 g/mol. The molecule has 0 fully saturated rings. The summed E-state index contributed by atoms with van der Waals surface area (Å²) in [4.78, 5) is 26.5. The minimum Gasteiger partial charge on any atom is -0.494 e. The van der Waals surface area contributed by atoms with Crippen LogP contribution in [0.3, 0.4) is 0 Å². The van der Waals surface area contributed by atoms with Crippen molar-refractivity contribution in [1.29, 1.82) is 0 Å². The van der Waals surface area contributed by atoms with Crippen molar-refractivity contribution in [2.75, 3.05) is 19.7 Å². The number of urea groups is 1. The first-order chi connectivity index (χ1) is 11.6. The number of hydrogen-bond acceptors (Lipinski definition) is 3. The molecule has 0 aliphatic carbocycles. The lowest BCUT2D eigenvalue weighted by Crippen LogP contribution is -2.44. The number of nitrogens with zero attached hydrogens (tertiary/aromatic N) is 1. The molecule has 0 aromatic heterocycles. The topological polar surface area (TPSA) is 70.7 Å². The van der Waals surface area contributed by atoms with Crippen LogP contribution in [0.4, 0.5) is 4.79 Å². The second-order valence-corrected chi connectivity index (χ2v) is 6.01. The molecule has 24 heavy (non-hydrogen) atoms. The van der Waals surface area contributed by atoms with E-state index in [0.29, 0.717) is 25.3 Å². The molecule has 2 N–H and O–H groups in total. The second kappa shape index (κ2) is 6.95. The van der Waals surface area contributed by atoms with Crippen molar-refractivity contribution >= 4 is 11.9 Å². The van der Waals surface area contributed by atoms with Crippen molar-refractivity contribution in [1.82, 2.24) is 15.5 Å². The van der Waals surface area contributed by atoms with Gasteiger partial charge in [-0.1, -0.05) is 25.5 Å². The van der Waals surface area contributed by atoms with E-state index in [1.165, 1.54) is 0 Å². The van der Waals surface area contributed by atoms with E-state index in [0.717, 1.165) is 29.9 Å². The quantitative estimate of drug-likeness (QED) is 0.841. The first kappa shape index (κ1) is 16.4. The van der Waals surface area contributed by atoms with Crippen molar-refractivity contribution in [2.24, 2.45) is 0 Å². The molecule has 2 aliphatic heterocycles. The van der Waals surface area contributed by atoms with E-state index in [-0.39, 0.29) is 11.9 Å². The van der Waals surface area contributed by atoms with E-state index in [1.54, 1.807) is 0 Å². The van der Waals surface area contributed by atoms with Gasteiger partial charge in [0, 0.05) is 6.54 Å². The van der Waals surface area contributed by atoms with Crippen LogP contribution in [-0.4, -0.2) is 36.5 Å². The van der Waals surface area contributed by atoms with Crippen LogP contribution in [-0.2, 0) is 4.79 Å². The molecule has 6 heteroatoms. The highest BCUT2D eigenvalue weighted by Gasteiger charge is 2.39. The van der Waals surface area contributed by atoms with Gasteiger partial charge in [0.2, 0.25) is 0 Å². The van der Waals surface area contributed by atoms with Crippen molar-refractivity contribution in [3.63, 3.8) is 0 Å². The van der Waals surface area contributed by atoms with Crippen LogP contribution in [0.2, 0.25) is 0 Å². The molecule has 0 saturated heterocycles. The Hall–Kier alpha value is -2.50. The average Bonchev–Trinajstić information content (AvgIpc) is 2.89. The summed E-state index contributed by atoms with van der Waals surface area (Å²) in [5, 5.41) is 5.66. The Labute approximate surface area is 141 Å².